The van der Waals surface area contributed by atoms with Crippen molar-refractivity contribution >= 4 is 28.3 Å². The molecule has 4 heteroatoms. The molecule has 2 rings (SSSR count). The average Bonchev–Trinajstić information content (AvgIpc) is 2.58. The molecule has 0 spiro atoms. The van der Waals surface area contributed by atoms with Crippen LogP contribution in [0.5, 0.6) is 5.75 Å². The molecule has 1 aromatic rings. The molecule has 1 fully saturated rings. The quantitative estimate of drug-likeness (QED) is 0.522. The molecule has 1 aliphatic carbocycles. The van der Waals surface area contributed by atoms with E-state index in [1.165, 1.54) is 37.7 Å². The first kappa shape index (κ1) is 23.5. The number of rotatable bonds is 3. The summed E-state index contributed by atoms with van der Waals surface area (Å²) in [4.78, 5) is 2.05. The molecule has 1 aromatic carbocycles. The van der Waals surface area contributed by atoms with E-state index in [1.807, 2.05) is 30.8 Å². The van der Waals surface area contributed by atoms with Crippen LogP contribution in [0.2, 0.25) is 0 Å². The third-order valence-corrected chi connectivity index (χ3v) is 7.88. The Kier molecular flexibility index (Phi) is 7.53. The van der Waals surface area contributed by atoms with Gasteiger partial charge in [0.15, 0.2) is 0 Å². The highest BCUT2D eigenvalue weighted by Crippen LogP contribution is 2.48. The van der Waals surface area contributed by atoms with Gasteiger partial charge in [-0.15, -0.1) is 0 Å². The van der Waals surface area contributed by atoms with Crippen LogP contribution in [-0.2, 0) is 10.8 Å². The fourth-order valence-corrected chi connectivity index (χ4v) is 5.53. The first-order valence-corrected chi connectivity index (χ1v) is 11.9. The minimum Gasteiger partial charge on any atom is -0.507 e. The number of hydrogen-bond donors (Lipinski definition) is 1. The van der Waals surface area contributed by atoms with Gasteiger partial charge in [0.2, 0.25) is 0 Å². The van der Waals surface area contributed by atoms with Gasteiger partial charge in [0.05, 0.1) is 0 Å². The summed E-state index contributed by atoms with van der Waals surface area (Å²) >= 11 is 7.53. The number of phenolic OH excluding ortho intramolecular Hbond substituents is 1. The molecular weight excluding hydrogens is 382 g/mol. The van der Waals surface area contributed by atoms with Crippen molar-refractivity contribution in [2.45, 2.75) is 89.7 Å². The highest BCUT2D eigenvalue weighted by molar-refractivity contribution is 8.23. The lowest BCUT2D eigenvalue weighted by atomic mass is 9.76. The summed E-state index contributed by atoms with van der Waals surface area (Å²) in [6.45, 7) is 13.1. The standard InChI is InChI=1S/C24H39NOS2/c1-23(2,3)18-14-17(15-19(20(18)26)24(4,5)6)21(28-22(27)25(7)8)16-12-10-9-11-13-16/h14-16,21,26H,9-13H2,1-8H3. The highest BCUT2D eigenvalue weighted by Gasteiger charge is 2.32. The zero-order valence-electron chi connectivity index (χ0n) is 19.1. The first-order valence-electron chi connectivity index (χ1n) is 10.6. The summed E-state index contributed by atoms with van der Waals surface area (Å²) in [6.07, 6.45) is 6.51. The van der Waals surface area contributed by atoms with Gasteiger partial charge in [-0.25, -0.2) is 0 Å². The molecule has 28 heavy (non-hydrogen) atoms. The Morgan fingerprint density at radius 2 is 1.46 bits per heavy atom. The van der Waals surface area contributed by atoms with E-state index in [0.717, 1.165) is 15.4 Å². The van der Waals surface area contributed by atoms with E-state index in [1.54, 1.807) is 0 Å². The second-order valence-electron chi connectivity index (χ2n) is 10.6. The Bertz CT molecular complexity index is 657. The Morgan fingerprint density at radius 3 is 1.86 bits per heavy atom. The van der Waals surface area contributed by atoms with Gasteiger partial charge in [-0.2, -0.15) is 0 Å². The zero-order valence-corrected chi connectivity index (χ0v) is 20.7. The molecule has 0 aromatic heterocycles. The minimum atomic E-state index is -0.107. The van der Waals surface area contributed by atoms with Gasteiger partial charge < -0.3 is 10.0 Å². The molecule has 0 radical (unpaired) electrons. The van der Waals surface area contributed by atoms with Gasteiger partial charge in [-0.3, -0.25) is 0 Å². The second kappa shape index (κ2) is 8.95. The molecular formula is C24H39NOS2. The Balaban J connectivity index is 2.61. The van der Waals surface area contributed by atoms with Crippen molar-refractivity contribution in [1.29, 1.82) is 0 Å². The first-order chi connectivity index (χ1) is 12.8. The van der Waals surface area contributed by atoms with Crippen molar-refractivity contribution < 1.29 is 5.11 Å². The van der Waals surface area contributed by atoms with Crippen LogP contribution in [0.1, 0.15) is 95.6 Å². The lowest BCUT2D eigenvalue weighted by Crippen LogP contribution is -2.23. The molecule has 158 valence electrons. The normalized spacial score (nSPS) is 17.4. The van der Waals surface area contributed by atoms with E-state index >= 15 is 0 Å². The second-order valence-corrected chi connectivity index (χ2v) is 12.3. The largest absolute Gasteiger partial charge is 0.507 e. The molecule has 1 saturated carbocycles. The summed E-state index contributed by atoms with van der Waals surface area (Å²) < 4.78 is 0.943. The molecule has 1 atom stereocenters. The van der Waals surface area contributed by atoms with E-state index < -0.39 is 0 Å². The predicted octanol–water partition coefficient (Wildman–Crippen LogP) is 7.19. The van der Waals surface area contributed by atoms with Gasteiger partial charge in [-0.1, -0.05) is 96.9 Å². The summed E-state index contributed by atoms with van der Waals surface area (Å²) in [5, 5.41) is 11.5. The molecule has 0 amide bonds. The van der Waals surface area contributed by atoms with Gasteiger partial charge >= 0.3 is 0 Å². The molecule has 0 saturated heterocycles. The van der Waals surface area contributed by atoms with Crippen molar-refractivity contribution in [1.82, 2.24) is 4.90 Å². The van der Waals surface area contributed by atoms with Crippen LogP contribution in [0.25, 0.3) is 0 Å². The molecule has 0 heterocycles. The highest BCUT2D eigenvalue weighted by atomic mass is 32.2. The summed E-state index contributed by atoms with van der Waals surface area (Å²) in [6, 6.07) is 4.52. The molecule has 0 aliphatic heterocycles. The van der Waals surface area contributed by atoms with Gasteiger partial charge in [-0.05, 0) is 46.3 Å². The van der Waals surface area contributed by atoms with Gasteiger partial charge in [0.1, 0.15) is 10.1 Å². The minimum absolute atomic E-state index is 0.107. The molecule has 1 unspecified atom stereocenters. The van der Waals surface area contributed by atoms with Crippen LogP contribution in [0.3, 0.4) is 0 Å². The predicted molar refractivity (Wildman–Crippen MR) is 129 cm³/mol. The molecule has 2 nitrogen and oxygen atoms in total. The Morgan fingerprint density at radius 1 is 1.00 bits per heavy atom. The monoisotopic (exact) mass is 421 g/mol. The number of thioether (sulfide) groups is 1. The maximum Gasteiger partial charge on any atom is 0.136 e. The third-order valence-electron chi connectivity index (χ3n) is 5.75. The summed E-state index contributed by atoms with van der Waals surface area (Å²) in [5.74, 6) is 1.10. The maximum absolute atomic E-state index is 11.1. The molecule has 1 N–H and O–H groups in total. The van der Waals surface area contributed by atoms with Crippen LogP contribution < -0.4 is 0 Å². The lowest BCUT2D eigenvalue weighted by Gasteiger charge is -2.34. The van der Waals surface area contributed by atoms with Crippen molar-refractivity contribution in [2.24, 2.45) is 5.92 Å². The van der Waals surface area contributed by atoms with E-state index in [2.05, 4.69) is 53.7 Å². The SMILES string of the molecule is CN(C)C(=S)SC(c1cc(C(C)(C)C)c(O)c(C(C)(C)C)c1)C1CCCCC1. The smallest absolute Gasteiger partial charge is 0.136 e. The van der Waals surface area contributed by atoms with Gasteiger partial charge in [0.25, 0.3) is 0 Å². The van der Waals surface area contributed by atoms with Crippen LogP contribution >= 0.6 is 24.0 Å². The fourth-order valence-electron chi connectivity index (χ4n) is 4.05. The van der Waals surface area contributed by atoms with Crippen molar-refractivity contribution in [3.8, 4) is 5.75 Å². The number of benzene rings is 1. The number of aromatic hydroxyl groups is 1. The van der Waals surface area contributed by atoms with Crippen LogP contribution in [0, 0.1) is 5.92 Å². The topological polar surface area (TPSA) is 23.5 Å². The molecule has 0 bridgehead atoms. The van der Waals surface area contributed by atoms with E-state index in [-0.39, 0.29) is 10.8 Å². The lowest BCUT2D eigenvalue weighted by molar-refractivity contribution is 0.351. The summed E-state index contributed by atoms with van der Waals surface area (Å²) in [5.41, 5.74) is 3.21. The van der Waals surface area contributed by atoms with E-state index in [9.17, 15) is 5.11 Å². The van der Waals surface area contributed by atoms with E-state index in [4.69, 9.17) is 12.2 Å². The average molecular weight is 422 g/mol. The number of hydrogen-bond acceptors (Lipinski definition) is 3. The molecule has 1 aliphatic rings. The summed E-state index contributed by atoms with van der Waals surface area (Å²) in [7, 11) is 4.07. The zero-order chi connectivity index (χ0) is 21.3. The van der Waals surface area contributed by atoms with Crippen molar-refractivity contribution in [3.05, 3.63) is 28.8 Å². The Hall–Kier alpha value is -0.740. The number of nitrogens with zero attached hydrogens (tertiary/aromatic N) is 1. The number of phenols is 1. The van der Waals surface area contributed by atoms with Crippen LogP contribution in [0.4, 0.5) is 0 Å². The van der Waals surface area contributed by atoms with Gasteiger partial charge in [0, 0.05) is 19.3 Å². The van der Waals surface area contributed by atoms with Crippen LogP contribution in [0.15, 0.2) is 12.1 Å². The van der Waals surface area contributed by atoms with Crippen LogP contribution in [-0.4, -0.2) is 28.4 Å². The third kappa shape index (κ3) is 5.66. The fraction of sp³-hybridized carbons (Fsp3) is 0.708. The number of thiocarbonyl (C=S) groups is 1. The van der Waals surface area contributed by atoms with E-state index in [0.29, 0.717) is 16.9 Å². The van der Waals surface area contributed by atoms with Crippen molar-refractivity contribution in [2.75, 3.05) is 14.1 Å². The maximum atomic E-state index is 11.1. The van der Waals surface area contributed by atoms with Crippen molar-refractivity contribution in [3.63, 3.8) is 0 Å². The Labute approximate surface area is 182 Å².